The standard InChI is InChI=1S/C24H21BrN4O2S/c1-28(2)20-10-8-17(9-11-20)14-22-23(30)29(16-21-7-4-12-31-21)24(32-22)27-26-15-18-5-3-6-19(25)13-18/h3-15H,16H2,1-2H3/b22-14-,26-15+,27-24-. The van der Waals surface area contributed by atoms with Crippen molar-refractivity contribution in [3.05, 3.63) is 93.2 Å². The smallest absolute Gasteiger partial charge is 0.267 e. The number of anilines is 1. The summed E-state index contributed by atoms with van der Waals surface area (Å²) in [5, 5.41) is 9.06. The van der Waals surface area contributed by atoms with Crippen molar-refractivity contribution in [2.45, 2.75) is 6.54 Å². The van der Waals surface area contributed by atoms with Gasteiger partial charge in [0.2, 0.25) is 0 Å². The number of amidine groups is 1. The zero-order chi connectivity index (χ0) is 22.5. The summed E-state index contributed by atoms with van der Waals surface area (Å²) in [7, 11) is 3.99. The molecule has 2 aromatic carbocycles. The molecule has 162 valence electrons. The van der Waals surface area contributed by atoms with Gasteiger partial charge in [0.05, 0.1) is 23.9 Å². The number of benzene rings is 2. The number of thioether (sulfide) groups is 1. The predicted octanol–water partition coefficient (Wildman–Crippen LogP) is 5.61. The molecule has 0 unspecified atom stereocenters. The minimum absolute atomic E-state index is 0.125. The molecule has 1 aliphatic heterocycles. The molecule has 0 spiro atoms. The number of rotatable bonds is 6. The van der Waals surface area contributed by atoms with Crippen molar-refractivity contribution in [2.75, 3.05) is 19.0 Å². The maximum absolute atomic E-state index is 13.1. The fourth-order valence-electron chi connectivity index (χ4n) is 3.03. The highest BCUT2D eigenvalue weighted by Gasteiger charge is 2.34. The van der Waals surface area contributed by atoms with E-state index in [1.807, 2.05) is 79.7 Å². The minimum Gasteiger partial charge on any atom is -0.467 e. The van der Waals surface area contributed by atoms with E-state index >= 15 is 0 Å². The van der Waals surface area contributed by atoms with Crippen molar-refractivity contribution < 1.29 is 9.21 Å². The molecule has 32 heavy (non-hydrogen) atoms. The number of carbonyl (C=O) groups excluding carboxylic acids is 1. The van der Waals surface area contributed by atoms with Gasteiger partial charge in [-0.15, -0.1) is 5.10 Å². The molecule has 0 atom stereocenters. The van der Waals surface area contributed by atoms with Crippen LogP contribution in [0.4, 0.5) is 5.69 Å². The number of carbonyl (C=O) groups is 1. The van der Waals surface area contributed by atoms with E-state index < -0.39 is 0 Å². The molecule has 0 N–H and O–H groups in total. The van der Waals surface area contributed by atoms with Gasteiger partial charge in [0.15, 0.2) is 5.17 Å². The lowest BCUT2D eigenvalue weighted by molar-refractivity contribution is -0.122. The Morgan fingerprint density at radius 2 is 1.91 bits per heavy atom. The molecule has 0 radical (unpaired) electrons. The lowest BCUT2D eigenvalue weighted by atomic mass is 10.2. The van der Waals surface area contributed by atoms with Crippen LogP contribution in [0, 0.1) is 0 Å². The number of halogens is 1. The zero-order valence-corrected chi connectivity index (χ0v) is 20.0. The van der Waals surface area contributed by atoms with Crippen LogP contribution in [-0.2, 0) is 11.3 Å². The maximum atomic E-state index is 13.1. The molecular formula is C24H21BrN4O2S. The Bertz CT molecular complexity index is 1180. The first-order valence-electron chi connectivity index (χ1n) is 9.87. The second-order valence-corrected chi connectivity index (χ2v) is 9.17. The Morgan fingerprint density at radius 3 is 2.59 bits per heavy atom. The summed E-state index contributed by atoms with van der Waals surface area (Å²) in [6.07, 6.45) is 5.13. The molecule has 1 fully saturated rings. The molecule has 2 heterocycles. The van der Waals surface area contributed by atoms with Crippen molar-refractivity contribution in [1.29, 1.82) is 0 Å². The second-order valence-electron chi connectivity index (χ2n) is 7.25. The molecule has 1 amide bonds. The Kier molecular flexibility index (Phi) is 6.92. The largest absolute Gasteiger partial charge is 0.467 e. The normalized spacial score (nSPS) is 16.6. The van der Waals surface area contributed by atoms with Crippen LogP contribution in [0.1, 0.15) is 16.9 Å². The summed E-state index contributed by atoms with van der Waals surface area (Å²) in [5.74, 6) is 0.554. The molecule has 0 aliphatic carbocycles. The second kappa shape index (κ2) is 10.0. The third kappa shape index (κ3) is 5.38. The van der Waals surface area contributed by atoms with Gasteiger partial charge < -0.3 is 9.32 Å². The monoisotopic (exact) mass is 508 g/mol. The van der Waals surface area contributed by atoms with Gasteiger partial charge in [-0.1, -0.05) is 40.2 Å². The van der Waals surface area contributed by atoms with Crippen molar-refractivity contribution in [3.63, 3.8) is 0 Å². The molecule has 4 rings (SSSR count). The number of nitrogens with zero attached hydrogens (tertiary/aromatic N) is 4. The molecule has 1 saturated heterocycles. The quantitative estimate of drug-likeness (QED) is 0.246. The molecule has 0 saturated carbocycles. The first-order valence-corrected chi connectivity index (χ1v) is 11.5. The lowest BCUT2D eigenvalue weighted by Crippen LogP contribution is -2.28. The van der Waals surface area contributed by atoms with E-state index in [1.54, 1.807) is 23.4 Å². The minimum atomic E-state index is -0.125. The van der Waals surface area contributed by atoms with Crippen LogP contribution in [0.2, 0.25) is 0 Å². The highest BCUT2D eigenvalue weighted by Crippen LogP contribution is 2.34. The lowest BCUT2D eigenvalue weighted by Gasteiger charge is -2.12. The van der Waals surface area contributed by atoms with Crippen LogP contribution in [-0.4, -0.2) is 36.3 Å². The van der Waals surface area contributed by atoms with E-state index in [0.29, 0.717) is 22.4 Å². The van der Waals surface area contributed by atoms with Gasteiger partial charge in [-0.3, -0.25) is 9.69 Å². The SMILES string of the molecule is CN(C)c1ccc(/C=C2\S/C(=N\N=C\c3cccc(Br)c3)N(Cc3ccco3)C2=O)cc1. The van der Waals surface area contributed by atoms with E-state index in [1.165, 1.54) is 11.8 Å². The number of furan rings is 1. The summed E-state index contributed by atoms with van der Waals surface area (Å²) in [6, 6.07) is 19.4. The van der Waals surface area contributed by atoms with Gasteiger partial charge in [-0.25, -0.2) is 0 Å². The van der Waals surface area contributed by atoms with Gasteiger partial charge in [-0.05, 0) is 65.4 Å². The summed E-state index contributed by atoms with van der Waals surface area (Å²) in [5.41, 5.74) is 2.96. The van der Waals surface area contributed by atoms with E-state index in [-0.39, 0.29) is 5.91 Å². The molecule has 1 aromatic heterocycles. The van der Waals surface area contributed by atoms with E-state index in [2.05, 4.69) is 26.1 Å². The fraction of sp³-hybridized carbons (Fsp3) is 0.125. The summed E-state index contributed by atoms with van der Waals surface area (Å²) in [4.78, 5) is 17.4. The third-order valence-electron chi connectivity index (χ3n) is 4.69. The highest BCUT2D eigenvalue weighted by atomic mass is 79.9. The average Bonchev–Trinajstić information content (AvgIpc) is 3.39. The van der Waals surface area contributed by atoms with Crippen LogP contribution >= 0.6 is 27.7 Å². The highest BCUT2D eigenvalue weighted by molar-refractivity contribution is 9.10. The summed E-state index contributed by atoms with van der Waals surface area (Å²) in [6.45, 7) is 0.293. The third-order valence-corrected chi connectivity index (χ3v) is 6.18. The van der Waals surface area contributed by atoms with Crippen LogP contribution < -0.4 is 4.90 Å². The van der Waals surface area contributed by atoms with Gasteiger partial charge in [-0.2, -0.15) is 5.10 Å². The Balaban J connectivity index is 1.60. The Hall–Kier alpha value is -3.10. The fourth-order valence-corrected chi connectivity index (χ4v) is 4.38. The van der Waals surface area contributed by atoms with Crippen molar-refractivity contribution >= 4 is 56.7 Å². The van der Waals surface area contributed by atoms with Gasteiger partial charge in [0.1, 0.15) is 5.76 Å². The van der Waals surface area contributed by atoms with Gasteiger partial charge in [0.25, 0.3) is 5.91 Å². The predicted molar refractivity (Wildman–Crippen MR) is 135 cm³/mol. The summed E-state index contributed by atoms with van der Waals surface area (Å²) < 4.78 is 6.40. The first-order chi connectivity index (χ1) is 15.5. The average molecular weight is 509 g/mol. The first kappa shape index (κ1) is 22.1. The van der Waals surface area contributed by atoms with Crippen molar-refractivity contribution in [3.8, 4) is 0 Å². The van der Waals surface area contributed by atoms with E-state index in [9.17, 15) is 4.79 Å². The van der Waals surface area contributed by atoms with Crippen LogP contribution in [0.15, 0.2) is 90.9 Å². The van der Waals surface area contributed by atoms with Crippen molar-refractivity contribution in [2.24, 2.45) is 10.2 Å². The van der Waals surface area contributed by atoms with Crippen molar-refractivity contribution in [1.82, 2.24) is 4.90 Å². The zero-order valence-electron chi connectivity index (χ0n) is 17.6. The van der Waals surface area contributed by atoms with Crippen LogP contribution in [0.25, 0.3) is 6.08 Å². The number of hydrogen-bond acceptors (Lipinski definition) is 6. The molecule has 6 nitrogen and oxygen atoms in total. The summed E-state index contributed by atoms with van der Waals surface area (Å²) >= 11 is 4.75. The topological polar surface area (TPSA) is 61.4 Å². The molecule has 3 aromatic rings. The number of hydrogen-bond donors (Lipinski definition) is 0. The van der Waals surface area contributed by atoms with Crippen LogP contribution in [0.3, 0.4) is 0 Å². The molecule has 8 heteroatoms. The number of amides is 1. The van der Waals surface area contributed by atoms with Gasteiger partial charge in [0, 0.05) is 24.3 Å². The molecular weight excluding hydrogens is 488 g/mol. The van der Waals surface area contributed by atoms with E-state index in [4.69, 9.17) is 4.42 Å². The molecule has 0 bridgehead atoms. The Labute approximate surface area is 199 Å². The van der Waals surface area contributed by atoms with E-state index in [0.717, 1.165) is 21.3 Å². The van der Waals surface area contributed by atoms with Crippen LogP contribution in [0.5, 0.6) is 0 Å². The maximum Gasteiger partial charge on any atom is 0.267 e. The van der Waals surface area contributed by atoms with Gasteiger partial charge >= 0.3 is 0 Å². The molecule has 1 aliphatic rings. The Morgan fingerprint density at radius 1 is 1.09 bits per heavy atom.